The van der Waals surface area contributed by atoms with Crippen molar-refractivity contribution in [2.45, 2.75) is 25.8 Å². The molecule has 1 aromatic carbocycles. The number of benzene rings is 1. The average molecular weight is 275 g/mol. The number of hydrogen-bond acceptors (Lipinski definition) is 4. The summed E-state index contributed by atoms with van der Waals surface area (Å²) in [6.07, 6.45) is 2.61. The maximum atomic E-state index is 5.43. The van der Waals surface area contributed by atoms with Crippen molar-refractivity contribution in [1.82, 2.24) is 25.5 Å². The molecule has 1 heterocycles. The van der Waals surface area contributed by atoms with Crippen LogP contribution in [0.4, 0.5) is 0 Å². The molecule has 6 heteroatoms. The van der Waals surface area contributed by atoms with Crippen LogP contribution in [0, 0.1) is 0 Å². The van der Waals surface area contributed by atoms with Crippen molar-refractivity contribution >= 4 is 17.2 Å². The summed E-state index contributed by atoms with van der Waals surface area (Å²) in [5.41, 5.74) is 1.27. The molecule has 1 N–H and O–H groups in total. The van der Waals surface area contributed by atoms with Gasteiger partial charge < -0.3 is 4.90 Å². The summed E-state index contributed by atoms with van der Waals surface area (Å²) in [6.45, 7) is 0.849. The molecule has 2 aromatic rings. The molecule has 0 radical (unpaired) electrons. The summed E-state index contributed by atoms with van der Waals surface area (Å²) < 4.78 is 0. The summed E-state index contributed by atoms with van der Waals surface area (Å²) in [6, 6.07) is 10.3. The Hall–Kier alpha value is -1.82. The molecule has 0 unspecified atom stereocenters. The lowest BCUT2D eigenvalue weighted by Crippen LogP contribution is -2.24. The third-order valence-corrected chi connectivity index (χ3v) is 3.38. The van der Waals surface area contributed by atoms with Gasteiger partial charge in [0.2, 0.25) is 0 Å². The number of aromatic amines is 1. The molecule has 19 heavy (non-hydrogen) atoms. The van der Waals surface area contributed by atoms with E-state index in [4.69, 9.17) is 12.2 Å². The van der Waals surface area contributed by atoms with Gasteiger partial charge in [-0.15, -0.1) is 10.2 Å². The molecule has 0 saturated carbocycles. The molecular formula is C13H17N5S. The zero-order valence-electron chi connectivity index (χ0n) is 10.9. The molecule has 0 aliphatic rings. The van der Waals surface area contributed by atoms with Crippen molar-refractivity contribution in [1.29, 1.82) is 0 Å². The highest BCUT2D eigenvalue weighted by molar-refractivity contribution is 7.80. The first-order chi connectivity index (χ1) is 9.25. The summed E-state index contributed by atoms with van der Waals surface area (Å²) in [4.78, 5) is 3.08. The highest BCUT2D eigenvalue weighted by Gasteiger charge is 2.06. The van der Waals surface area contributed by atoms with Crippen LogP contribution in [-0.2, 0) is 13.0 Å². The Morgan fingerprint density at radius 1 is 1.32 bits per heavy atom. The van der Waals surface area contributed by atoms with Gasteiger partial charge in [-0.25, -0.2) is 0 Å². The normalized spacial score (nSPS) is 10.4. The van der Waals surface area contributed by atoms with Gasteiger partial charge in [-0.3, -0.25) is 0 Å². The van der Waals surface area contributed by atoms with E-state index in [2.05, 4.69) is 37.7 Å². The Labute approximate surface area is 118 Å². The Morgan fingerprint density at radius 3 is 2.79 bits per heavy atom. The predicted molar refractivity (Wildman–Crippen MR) is 77.6 cm³/mol. The summed E-state index contributed by atoms with van der Waals surface area (Å²) >= 11 is 5.43. The Bertz CT molecular complexity index is 497. The van der Waals surface area contributed by atoms with Gasteiger partial charge in [0, 0.05) is 20.0 Å². The molecule has 0 aliphatic heterocycles. The molecule has 0 amide bonds. The number of nitrogens with one attached hydrogen (secondary N) is 1. The van der Waals surface area contributed by atoms with Crippen LogP contribution in [0.1, 0.15) is 24.2 Å². The molecular weight excluding hydrogens is 258 g/mol. The minimum atomic E-state index is 0.744. The minimum Gasteiger partial charge on any atom is -0.365 e. The maximum Gasteiger partial charge on any atom is 0.174 e. The van der Waals surface area contributed by atoms with Gasteiger partial charge in [-0.1, -0.05) is 47.8 Å². The monoisotopic (exact) mass is 275 g/mol. The molecule has 2 rings (SSSR count). The van der Waals surface area contributed by atoms with Gasteiger partial charge >= 0.3 is 0 Å². The number of rotatable bonds is 6. The Morgan fingerprint density at radius 2 is 2.11 bits per heavy atom. The van der Waals surface area contributed by atoms with Crippen LogP contribution in [0.2, 0.25) is 0 Å². The van der Waals surface area contributed by atoms with Crippen molar-refractivity contribution in [2.24, 2.45) is 0 Å². The number of tetrazole rings is 1. The van der Waals surface area contributed by atoms with Gasteiger partial charge in [0.05, 0.1) is 4.99 Å². The number of nitrogens with zero attached hydrogens (tertiary/aromatic N) is 4. The summed E-state index contributed by atoms with van der Waals surface area (Å²) in [5, 5.41) is 13.8. The van der Waals surface area contributed by atoms with E-state index in [1.807, 2.05) is 25.2 Å². The predicted octanol–water partition coefficient (Wildman–Crippen LogP) is 1.98. The van der Waals surface area contributed by atoms with Crippen LogP contribution in [0.15, 0.2) is 30.3 Å². The minimum absolute atomic E-state index is 0.744. The number of aromatic nitrogens is 4. The van der Waals surface area contributed by atoms with E-state index in [0.717, 1.165) is 36.6 Å². The zero-order chi connectivity index (χ0) is 13.5. The van der Waals surface area contributed by atoms with E-state index in [1.165, 1.54) is 5.56 Å². The van der Waals surface area contributed by atoms with Crippen LogP contribution in [0.3, 0.4) is 0 Å². The van der Waals surface area contributed by atoms with Gasteiger partial charge in [0.25, 0.3) is 0 Å². The molecule has 0 spiro atoms. The van der Waals surface area contributed by atoms with Crippen molar-refractivity contribution < 1.29 is 0 Å². The fourth-order valence-corrected chi connectivity index (χ4v) is 2.03. The first kappa shape index (κ1) is 13.6. The molecule has 100 valence electrons. The van der Waals surface area contributed by atoms with E-state index in [0.29, 0.717) is 0 Å². The van der Waals surface area contributed by atoms with E-state index in [-0.39, 0.29) is 0 Å². The van der Waals surface area contributed by atoms with Crippen LogP contribution < -0.4 is 0 Å². The maximum absolute atomic E-state index is 5.43. The number of aryl methyl sites for hydroxylation is 1. The van der Waals surface area contributed by atoms with Gasteiger partial charge in [0.15, 0.2) is 5.82 Å². The lowest BCUT2D eigenvalue weighted by molar-refractivity contribution is 0.495. The molecule has 1 aromatic heterocycles. The lowest BCUT2D eigenvalue weighted by Gasteiger charge is -2.20. The topological polar surface area (TPSA) is 57.7 Å². The quantitative estimate of drug-likeness (QED) is 0.817. The van der Waals surface area contributed by atoms with Crippen molar-refractivity contribution in [3.8, 4) is 0 Å². The second kappa shape index (κ2) is 6.94. The summed E-state index contributed by atoms with van der Waals surface area (Å²) in [7, 11) is 2.03. The number of hydrogen-bond donors (Lipinski definition) is 1. The van der Waals surface area contributed by atoms with Crippen molar-refractivity contribution in [3.63, 3.8) is 0 Å². The third-order valence-electron chi connectivity index (χ3n) is 2.87. The first-order valence-corrected chi connectivity index (χ1v) is 6.67. The average Bonchev–Trinajstić information content (AvgIpc) is 2.93. The van der Waals surface area contributed by atoms with E-state index < -0.39 is 0 Å². The smallest absolute Gasteiger partial charge is 0.174 e. The highest BCUT2D eigenvalue weighted by Crippen LogP contribution is 2.07. The molecule has 0 saturated heterocycles. The molecule has 0 aliphatic carbocycles. The van der Waals surface area contributed by atoms with Crippen LogP contribution in [0.5, 0.6) is 0 Å². The fourth-order valence-electron chi connectivity index (χ4n) is 1.82. The molecule has 0 fully saturated rings. The fraction of sp³-hybridized carbons (Fsp3) is 0.385. The van der Waals surface area contributed by atoms with E-state index in [1.54, 1.807) is 0 Å². The molecule has 5 nitrogen and oxygen atoms in total. The summed E-state index contributed by atoms with van der Waals surface area (Å²) in [5.74, 6) is 0.744. The Balaban J connectivity index is 1.73. The van der Waals surface area contributed by atoms with E-state index in [9.17, 15) is 0 Å². The first-order valence-electron chi connectivity index (χ1n) is 6.26. The lowest BCUT2D eigenvalue weighted by atomic mass is 10.2. The van der Waals surface area contributed by atoms with Gasteiger partial charge in [-0.2, -0.15) is 5.21 Å². The third kappa shape index (κ3) is 4.40. The van der Waals surface area contributed by atoms with Crippen molar-refractivity contribution in [3.05, 3.63) is 41.7 Å². The van der Waals surface area contributed by atoms with Crippen LogP contribution in [-0.4, -0.2) is 37.6 Å². The van der Waals surface area contributed by atoms with Crippen LogP contribution in [0.25, 0.3) is 0 Å². The molecule has 0 bridgehead atoms. The second-order valence-electron chi connectivity index (χ2n) is 4.42. The largest absolute Gasteiger partial charge is 0.365 e. The number of H-pyrrole nitrogens is 1. The Kier molecular flexibility index (Phi) is 4.97. The zero-order valence-corrected chi connectivity index (χ0v) is 11.7. The molecule has 0 atom stereocenters. The van der Waals surface area contributed by atoms with Crippen LogP contribution >= 0.6 is 12.2 Å². The van der Waals surface area contributed by atoms with Gasteiger partial charge in [-0.05, 0) is 18.4 Å². The number of thiocarbonyl (C=S) groups is 1. The van der Waals surface area contributed by atoms with Gasteiger partial charge in [0.1, 0.15) is 0 Å². The highest BCUT2D eigenvalue weighted by atomic mass is 32.1. The van der Waals surface area contributed by atoms with Crippen molar-refractivity contribution in [2.75, 3.05) is 7.05 Å². The SMILES string of the molecule is CN(Cc1ccccc1)C(=S)CCCc1nn[nH]n1. The van der Waals surface area contributed by atoms with E-state index >= 15 is 0 Å². The second-order valence-corrected chi connectivity index (χ2v) is 4.89. The standard InChI is InChI=1S/C13H17N5S/c1-18(10-11-6-3-2-4-7-11)13(19)9-5-8-12-14-16-17-15-12/h2-4,6-7H,5,8-10H2,1H3,(H,14,15,16,17).